The number of likely N-dealkylation sites (tertiary alicyclic amines) is 1. The van der Waals surface area contributed by atoms with Crippen molar-refractivity contribution in [1.82, 2.24) is 44.6 Å². The first-order valence-electron chi connectivity index (χ1n) is 15.8. The lowest BCUT2D eigenvalue weighted by Crippen LogP contribution is -2.32. The second kappa shape index (κ2) is 11.9. The van der Waals surface area contributed by atoms with E-state index >= 15 is 0 Å². The van der Waals surface area contributed by atoms with Crippen LogP contribution in [0.1, 0.15) is 41.5 Å². The van der Waals surface area contributed by atoms with Gasteiger partial charge in [-0.1, -0.05) is 54.6 Å². The van der Waals surface area contributed by atoms with E-state index in [4.69, 9.17) is 4.98 Å². The number of nitrogens with zero attached hydrogens (tertiary/aromatic N) is 8. The van der Waals surface area contributed by atoms with Crippen LogP contribution in [0, 0.1) is 6.92 Å². The Morgan fingerprint density at radius 2 is 1.60 bits per heavy atom. The number of H-pyrrole nitrogens is 1. The number of benzene rings is 2. The maximum absolute atomic E-state index is 12.9. The molecule has 48 heavy (non-hydrogen) atoms. The lowest BCUT2D eigenvalue weighted by atomic mass is 9.95. The van der Waals surface area contributed by atoms with E-state index in [1.54, 1.807) is 0 Å². The van der Waals surface area contributed by atoms with Crippen molar-refractivity contribution >= 4 is 16.7 Å². The van der Waals surface area contributed by atoms with Crippen LogP contribution in [0.2, 0.25) is 0 Å². The summed E-state index contributed by atoms with van der Waals surface area (Å²) in [6.45, 7) is 4.56. The van der Waals surface area contributed by atoms with Crippen LogP contribution in [0.4, 0.5) is 13.2 Å². The first-order valence-corrected chi connectivity index (χ1v) is 15.8. The van der Waals surface area contributed by atoms with Gasteiger partial charge in [0.05, 0.1) is 11.4 Å². The maximum Gasteiger partial charge on any atom is 0.433 e. The Bertz CT molecular complexity index is 2220. The fourth-order valence-electron chi connectivity index (χ4n) is 6.39. The van der Waals surface area contributed by atoms with Gasteiger partial charge in [-0.25, -0.2) is 9.97 Å². The topological polar surface area (TPSA) is 101 Å². The molecule has 0 spiro atoms. The molecule has 0 saturated carbocycles. The summed E-state index contributed by atoms with van der Waals surface area (Å²) in [6, 6.07) is 25.3. The van der Waals surface area contributed by atoms with Crippen LogP contribution in [0.3, 0.4) is 0 Å². The zero-order chi connectivity index (χ0) is 32.8. The Balaban J connectivity index is 0.974. The fourth-order valence-corrected chi connectivity index (χ4v) is 6.39. The molecule has 1 N–H and O–H groups in total. The van der Waals surface area contributed by atoms with Crippen molar-refractivity contribution in [2.75, 3.05) is 13.1 Å². The molecule has 0 radical (unpaired) electrons. The summed E-state index contributed by atoms with van der Waals surface area (Å²) in [5.74, 6) is 1.37. The van der Waals surface area contributed by atoms with Crippen LogP contribution in [0.25, 0.3) is 50.5 Å². The van der Waals surface area contributed by atoms with Gasteiger partial charge in [0.15, 0.2) is 17.1 Å². The minimum absolute atomic E-state index is 0.197. The molecule has 1 aliphatic heterocycles. The summed E-state index contributed by atoms with van der Waals surface area (Å²) >= 11 is 0. The Kier molecular flexibility index (Phi) is 7.44. The van der Waals surface area contributed by atoms with E-state index in [1.807, 2.05) is 41.9 Å². The molecule has 8 rings (SSSR count). The molecular weight excluding hydrogens is 615 g/mol. The van der Waals surface area contributed by atoms with Gasteiger partial charge < -0.3 is 4.98 Å². The lowest BCUT2D eigenvalue weighted by molar-refractivity contribution is -0.141. The highest BCUT2D eigenvalue weighted by Crippen LogP contribution is 2.34. The van der Waals surface area contributed by atoms with E-state index in [0.29, 0.717) is 11.4 Å². The van der Waals surface area contributed by atoms with Crippen molar-refractivity contribution in [3.8, 4) is 33.8 Å². The molecule has 9 nitrogen and oxygen atoms in total. The van der Waals surface area contributed by atoms with E-state index in [-0.39, 0.29) is 5.92 Å². The summed E-state index contributed by atoms with van der Waals surface area (Å²) < 4.78 is 40.5. The van der Waals surface area contributed by atoms with Crippen LogP contribution < -0.4 is 0 Å². The summed E-state index contributed by atoms with van der Waals surface area (Å²) in [5.41, 5.74) is 7.21. The zero-order valence-electron chi connectivity index (χ0n) is 26.0. The average Bonchev–Trinajstić information content (AvgIpc) is 3.76. The molecule has 0 aliphatic carbocycles. The summed E-state index contributed by atoms with van der Waals surface area (Å²) in [5, 5.41) is 14.1. The van der Waals surface area contributed by atoms with E-state index < -0.39 is 11.9 Å². The third kappa shape index (κ3) is 5.79. The number of piperidine rings is 1. The van der Waals surface area contributed by atoms with Gasteiger partial charge in [-0.3, -0.25) is 9.88 Å². The highest BCUT2D eigenvalue weighted by Gasteiger charge is 2.32. The minimum atomic E-state index is -4.48. The van der Waals surface area contributed by atoms with Gasteiger partial charge in [-0.2, -0.15) is 22.8 Å². The molecule has 7 aromatic rings. The molecule has 1 saturated heterocycles. The molecule has 2 aromatic carbocycles. The van der Waals surface area contributed by atoms with Gasteiger partial charge in [-0.15, -0.1) is 10.2 Å². The Morgan fingerprint density at radius 1 is 0.833 bits per heavy atom. The smallest absolute Gasteiger partial charge is 0.325 e. The number of aromatic nitrogens is 8. The second-order valence-electron chi connectivity index (χ2n) is 12.2. The Morgan fingerprint density at radius 3 is 2.33 bits per heavy atom. The number of alkyl halides is 3. The molecule has 5 aromatic heterocycles. The number of hydrogen-bond acceptors (Lipinski definition) is 7. The normalized spacial score (nSPS) is 14.7. The van der Waals surface area contributed by atoms with Gasteiger partial charge in [0, 0.05) is 53.0 Å². The van der Waals surface area contributed by atoms with Crippen LogP contribution in [0.15, 0.2) is 91.3 Å². The molecule has 12 heteroatoms. The number of hydrogen-bond donors (Lipinski definition) is 1. The van der Waals surface area contributed by atoms with Crippen LogP contribution >= 0.6 is 0 Å². The lowest BCUT2D eigenvalue weighted by Gasteiger charge is -2.30. The first kappa shape index (κ1) is 29.9. The Labute approximate surface area is 273 Å². The van der Waals surface area contributed by atoms with Gasteiger partial charge in [0.1, 0.15) is 11.5 Å². The second-order valence-corrected chi connectivity index (χ2v) is 12.2. The van der Waals surface area contributed by atoms with Crippen LogP contribution in [0.5, 0.6) is 0 Å². The maximum atomic E-state index is 12.9. The summed E-state index contributed by atoms with van der Waals surface area (Å²) in [4.78, 5) is 18.9. The van der Waals surface area contributed by atoms with Crippen LogP contribution in [-0.4, -0.2) is 57.7 Å². The van der Waals surface area contributed by atoms with E-state index in [9.17, 15) is 13.2 Å². The standard InChI is InChI=1S/C36H30F3N9/c1-22-17-31-41-20-28-18-29(24-5-3-2-4-6-24)32(42-35(28)48(31)46-22)25-9-7-23(8-10-25)21-47-15-13-26(14-16-47)33-43-34(45-44-33)27-11-12-30(40-19-27)36(37,38)39/h2-12,17-20,26H,13-16,21H2,1H3,(H,43,44,45). The van der Waals surface area contributed by atoms with Crippen LogP contribution in [-0.2, 0) is 12.7 Å². The highest BCUT2D eigenvalue weighted by molar-refractivity contribution is 5.90. The van der Waals surface area contributed by atoms with Gasteiger partial charge >= 0.3 is 6.18 Å². The predicted molar refractivity (Wildman–Crippen MR) is 176 cm³/mol. The van der Waals surface area contributed by atoms with Crippen molar-refractivity contribution in [3.63, 3.8) is 0 Å². The first-order chi connectivity index (χ1) is 23.3. The molecule has 240 valence electrons. The molecule has 0 unspecified atom stereocenters. The third-order valence-corrected chi connectivity index (χ3v) is 8.90. The van der Waals surface area contributed by atoms with E-state index in [2.05, 4.69) is 77.6 Å². The molecule has 0 amide bonds. The van der Waals surface area contributed by atoms with Crippen molar-refractivity contribution in [2.24, 2.45) is 0 Å². The number of pyridine rings is 2. The van der Waals surface area contributed by atoms with E-state index in [1.165, 1.54) is 17.8 Å². The van der Waals surface area contributed by atoms with Gasteiger partial charge in [0.2, 0.25) is 0 Å². The van der Waals surface area contributed by atoms with E-state index in [0.717, 1.165) is 89.1 Å². The highest BCUT2D eigenvalue weighted by atomic mass is 19.4. The number of aryl methyl sites for hydroxylation is 1. The average molecular weight is 646 g/mol. The quantitative estimate of drug-likeness (QED) is 0.200. The van der Waals surface area contributed by atoms with Gasteiger partial charge in [-0.05, 0) is 62.2 Å². The summed E-state index contributed by atoms with van der Waals surface area (Å²) in [7, 11) is 0. The van der Waals surface area contributed by atoms with Gasteiger partial charge in [0.25, 0.3) is 0 Å². The van der Waals surface area contributed by atoms with Crippen molar-refractivity contribution in [2.45, 2.75) is 38.4 Å². The SMILES string of the molecule is Cc1cc2ncc3cc(-c4ccccc4)c(-c4ccc(CN5CCC(c6nnc(-c7ccc(C(F)(F)F)nc7)[nH]6)CC5)cc4)nc3n2n1. The number of nitrogens with one attached hydrogen (secondary N) is 1. The third-order valence-electron chi connectivity index (χ3n) is 8.90. The molecular formula is C36H30F3N9. The molecule has 1 fully saturated rings. The largest absolute Gasteiger partial charge is 0.433 e. The Hall–Kier alpha value is -5.49. The number of aromatic amines is 1. The molecule has 0 bridgehead atoms. The van der Waals surface area contributed by atoms with Crippen molar-refractivity contribution in [1.29, 1.82) is 0 Å². The summed E-state index contributed by atoms with van der Waals surface area (Å²) in [6.07, 6.45) is 0.355. The number of halogens is 3. The zero-order valence-corrected chi connectivity index (χ0v) is 26.0. The number of fused-ring (bicyclic) bond motifs is 3. The number of rotatable bonds is 6. The molecule has 6 heterocycles. The van der Waals surface area contributed by atoms with Crippen molar-refractivity contribution in [3.05, 3.63) is 114 Å². The monoisotopic (exact) mass is 645 g/mol. The van der Waals surface area contributed by atoms with Crippen molar-refractivity contribution < 1.29 is 13.2 Å². The minimum Gasteiger partial charge on any atom is -0.325 e. The molecule has 0 atom stereocenters. The fraction of sp³-hybridized carbons (Fsp3) is 0.222. The molecule has 1 aliphatic rings. The predicted octanol–water partition coefficient (Wildman–Crippen LogP) is 7.50.